The van der Waals surface area contributed by atoms with E-state index in [2.05, 4.69) is 39.8 Å². The van der Waals surface area contributed by atoms with Crippen LogP contribution in [0.2, 0.25) is 0 Å². The Morgan fingerprint density at radius 1 is 1.10 bits per heavy atom. The topological polar surface area (TPSA) is 61.4 Å². The zero-order valence-corrected chi connectivity index (χ0v) is 17.3. The van der Waals surface area contributed by atoms with Crippen LogP contribution in [0.15, 0.2) is 59.5 Å². The Balaban J connectivity index is 1.30. The third kappa shape index (κ3) is 5.19. The zero-order chi connectivity index (χ0) is 20.1. The van der Waals surface area contributed by atoms with Crippen LogP contribution in [0, 0.1) is 0 Å². The molecule has 1 saturated heterocycles. The lowest BCUT2D eigenvalue weighted by Gasteiger charge is -2.36. The van der Waals surface area contributed by atoms with E-state index in [0.29, 0.717) is 12.6 Å². The molecule has 0 aliphatic carbocycles. The van der Waals surface area contributed by atoms with E-state index in [9.17, 15) is 9.59 Å². The van der Waals surface area contributed by atoms with Crippen molar-refractivity contribution in [2.24, 2.45) is 0 Å². The third-order valence-corrected chi connectivity index (χ3v) is 6.86. The summed E-state index contributed by atoms with van der Waals surface area (Å²) in [5, 5.41) is 5.62. The molecular formula is C23H27N3O2S. The molecule has 29 heavy (non-hydrogen) atoms. The highest BCUT2D eigenvalue weighted by Gasteiger charge is 2.29. The summed E-state index contributed by atoms with van der Waals surface area (Å²) >= 11 is 1.47. The van der Waals surface area contributed by atoms with Crippen LogP contribution < -0.4 is 10.6 Å². The summed E-state index contributed by atoms with van der Waals surface area (Å²) in [5.41, 5.74) is 2.14. The maximum atomic E-state index is 12.6. The van der Waals surface area contributed by atoms with E-state index in [1.165, 1.54) is 30.2 Å². The van der Waals surface area contributed by atoms with Crippen LogP contribution >= 0.6 is 11.8 Å². The van der Waals surface area contributed by atoms with Crippen molar-refractivity contribution in [1.29, 1.82) is 0 Å². The summed E-state index contributed by atoms with van der Waals surface area (Å²) in [5.74, 6) is -0.144. The minimum absolute atomic E-state index is 0.0535. The predicted molar refractivity (Wildman–Crippen MR) is 117 cm³/mol. The molecule has 5 nitrogen and oxygen atoms in total. The molecule has 0 radical (unpaired) electrons. The number of carbonyl (C=O) groups is 2. The second-order valence-electron chi connectivity index (χ2n) is 7.71. The highest BCUT2D eigenvalue weighted by molar-refractivity contribution is 8.01. The average Bonchev–Trinajstić information content (AvgIpc) is 2.74. The molecule has 2 heterocycles. The molecule has 2 atom stereocenters. The number of hydrogen-bond donors (Lipinski definition) is 2. The van der Waals surface area contributed by atoms with Crippen LogP contribution in [0.5, 0.6) is 0 Å². The van der Waals surface area contributed by atoms with Crippen molar-refractivity contribution in [1.82, 2.24) is 10.2 Å². The molecule has 2 aliphatic rings. The Labute approximate surface area is 176 Å². The number of piperidine rings is 1. The number of fused-ring (bicyclic) bond motifs is 1. The van der Waals surface area contributed by atoms with Crippen molar-refractivity contribution in [2.75, 3.05) is 18.4 Å². The smallest absolute Gasteiger partial charge is 0.238 e. The number of rotatable bonds is 6. The Morgan fingerprint density at radius 2 is 1.90 bits per heavy atom. The first-order chi connectivity index (χ1) is 14.2. The lowest BCUT2D eigenvalue weighted by Crippen LogP contribution is -2.46. The molecule has 0 aromatic heterocycles. The number of nitrogens with one attached hydrogen (secondary N) is 2. The molecule has 2 N–H and O–H groups in total. The minimum Gasteiger partial charge on any atom is -0.354 e. The van der Waals surface area contributed by atoms with Crippen LogP contribution in [-0.2, 0) is 16.1 Å². The van der Waals surface area contributed by atoms with Gasteiger partial charge in [-0.05, 0) is 37.1 Å². The SMILES string of the molecule is O=C(C[C@@H]1Sc2ccccc2NC1=O)NC[C@H]1CCCCN1Cc1ccccc1. The second kappa shape index (κ2) is 9.46. The predicted octanol–water partition coefficient (Wildman–Crippen LogP) is 3.66. The fourth-order valence-electron chi connectivity index (χ4n) is 4.02. The summed E-state index contributed by atoms with van der Waals surface area (Å²) in [4.78, 5) is 28.4. The van der Waals surface area contributed by atoms with Crippen LogP contribution in [-0.4, -0.2) is 41.1 Å². The number of nitrogens with zero attached hydrogens (tertiary/aromatic N) is 1. The highest BCUT2D eigenvalue weighted by atomic mass is 32.2. The van der Waals surface area contributed by atoms with Crippen LogP contribution in [0.4, 0.5) is 5.69 Å². The van der Waals surface area contributed by atoms with E-state index in [-0.39, 0.29) is 23.5 Å². The molecule has 0 bridgehead atoms. The van der Waals surface area contributed by atoms with E-state index in [1.54, 1.807) is 0 Å². The van der Waals surface area contributed by atoms with E-state index in [4.69, 9.17) is 0 Å². The molecule has 2 amide bonds. The van der Waals surface area contributed by atoms with Crippen molar-refractivity contribution in [3.05, 3.63) is 60.2 Å². The number of likely N-dealkylation sites (tertiary alicyclic amines) is 1. The van der Waals surface area contributed by atoms with E-state index >= 15 is 0 Å². The molecule has 4 rings (SSSR count). The van der Waals surface area contributed by atoms with Gasteiger partial charge in [-0.25, -0.2) is 0 Å². The number of hydrogen-bond acceptors (Lipinski definition) is 4. The molecule has 2 aromatic carbocycles. The Morgan fingerprint density at radius 3 is 2.76 bits per heavy atom. The van der Waals surface area contributed by atoms with Crippen molar-refractivity contribution in [2.45, 2.75) is 48.4 Å². The molecule has 0 spiro atoms. The van der Waals surface area contributed by atoms with Gasteiger partial charge >= 0.3 is 0 Å². The molecule has 0 saturated carbocycles. The lowest BCUT2D eigenvalue weighted by molar-refractivity contribution is -0.124. The molecule has 2 aliphatic heterocycles. The maximum Gasteiger partial charge on any atom is 0.238 e. The summed E-state index contributed by atoms with van der Waals surface area (Å²) in [6.07, 6.45) is 3.70. The number of benzene rings is 2. The summed E-state index contributed by atoms with van der Waals surface area (Å²) in [7, 11) is 0. The number of carbonyl (C=O) groups excluding carboxylic acids is 2. The summed E-state index contributed by atoms with van der Waals surface area (Å²) in [6.45, 7) is 2.62. The van der Waals surface area contributed by atoms with Gasteiger partial charge in [0.1, 0.15) is 0 Å². The molecule has 2 aromatic rings. The van der Waals surface area contributed by atoms with Gasteiger partial charge in [0.05, 0.1) is 10.9 Å². The molecule has 152 valence electrons. The molecular weight excluding hydrogens is 382 g/mol. The standard InChI is InChI=1S/C23H27N3O2S/c27-22(14-21-23(28)25-19-11-4-5-12-20(19)29-21)24-15-18-10-6-7-13-26(18)16-17-8-2-1-3-9-17/h1-5,8-9,11-12,18,21H,6-7,10,13-16H2,(H,24,27)(H,25,28)/t18-,21+/m1/s1. The van der Waals surface area contributed by atoms with Crippen molar-refractivity contribution in [3.8, 4) is 0 Å². The minimum atomic E-state index is -0.378. The molecule has 1 fully saturated rings. The van der Waals surface area contributed by atoms with Gasteiger partial charge in [0.25, 0.3) is 0 Å². The van der Waals surface area contributed by atoms with Gasteiger partial charge in [-0.2, -0.15) is 0 Å². The van der Waals surface area contributed by atoms with Gasteiger partial charge in [0.2, 0.25) is 11.8 Å². The number of thioether (sulfide) groups is 1. The van der Waals surface area contributed by atoms with Gasteiger partial charge in [0.15, 0.2) is 0 Å². The van der Waals surface area contributed by atoms with Crippen molar-refractivity contribution < 1.29 is 9.59 Å². The fourth-order valence-corrected chi connectivity index (χ4v) is 5.13. The lowest BCUT2D eigenvalue weighted by atomic mass is 10.0. The molecule has 6 heteroatoms. The zero-order valence-electron chi connectivity index (χ0n) is 16.5. The van der Waals surface area contributed by atoms with Crippen LogP contribution in [0.3, 0.4) is 0 Å². The largest absolute Gasteiger partial charge is 0.354 e. The van der Waals surface area contributed by atoms with E-state index in [1.807, 2.05) is 30.3 Å². The first kappa shape index (κ1) is 20.0. The van der Waals surface area contributed by atoms with Gasteiger partial charge in [-0.15, -0.1) is 11.8 Å². The van der Waals surface area contributed by atoms with Gasteiger partial charge in [-0.1, -0.05) is 48.9 Å². The van der Waals surface area contributed by atoms with Crippen LogP contribution in [0.1, 0.15) is 31.2 Å². The van der Waals surface area contributed by atoms with Crippen molar-refractivity contribution >= 4 is 29.3 Å². The Hall–Kier alpha value is -2.31. The molecule has 0 unspecified atom stereocenters. The van der Waals surface area contributed by atoms with E-state index in [0.717, 1.165) is 30.1 Å². The fraction of sp³-hybridized carbons (Fsp3) is 0.391. The number of para-hydroxylation sites is 1. The van der Waals surface area contributed by atoms with E-state index < -0.39 is 0 Å². The van der Waals surface area contributed by atoms with Gasteiger partial charge in [-0.3, -0.25) is 14.5 Å². The normalized spacial score (nSPS) is 21.9. The number of amides is 2. The first-order valence-electron chi connectivity index (χ1n) is 10.3. The maximum absolute atomic E-state index is 12.6. The monoisotopic (exact) mass is 409 g/mol. The van der Waals surface area contributed by atoms with Gasteiger partial charge in [0, 0.05) is 30.4 Å². The third-order valence-electron chi connectivity index (χ3n) is 5.59. The average molecular weight is 410 g/mol. The summed E-state index contributed by atoms with van der Waals surface area (Å²) < 4.78 is 0. The Bertz CT molecular complexity index is 858. The van der Waals surface area contributed by atoms with Crippen LogP contribution in [0.25, 0.3) is 0 Å². The highest BCUT2D eigenvalue weighted by Crippen LogP contribution is 2.36. The second-order valence-corrected chi connectivity index (χ2v) is 8.95. The first-order valence-corrected chi connectivity index (χ1v) is 11.2. The number of anilines is 1. The Kier molecular flexibility index (Phi) is 6.52. The van der Waals surface area contributed by atoms with Gasteiger partial charge < -0.3 is 10.6 Å². The van der Waals surface area contributed by atoms with Crippen molar-refractivity contribution in [3.63, 3.8) is 0 Å². The quantitative estimate of drug-likeness (QED) is 0.764. The summed E-state index contributed by atoms with van der Waals surface area (Å²) in [6, 6.07) is 18.6.